The molecule has 63 heavy (non-hydrogen) atoms. The number of carbonyl (C=O) groups excluding carboxylic acids is 1. The number of aliphatic hydroxyl groups is 1. The molecule has 17 nitrogen and oxygen atoms in total. The molecule has 0 saturated heterocycles. The number of benzene rings is 2. The number of ketones is 1. The van der Waals surface area contributed by atoms with Crippen molar-refractivity contribution in [1.29, 1.82) is 5.26 Å². The van der Waals surface area contributed by atoms with Crippen molar-refractivity contribution >= 4 is 28.5 Å². The number of hydrogen-bond acceptors (Lipinski definition) is 11. The zero-order valence-electron chi connectivity index (χ0n) is 36.4. The average Bonchev–Trinajstić information content (AvgIpc) is 3.61. The Morgan fingerprint density at radius 1 is 0.730 bits per heavy atom. The van der Waals surface area contributed by atoms with Crippen LogP contribution in [0.4, 0.5) is 22.7 Å². The van der Waals surface area contributed by atoms with Crippen molar-refractivity contribution < 1.29 is 31.5 Å². The topological polar surface area (TPSA) is 211 Å². The van der Waals surface area contributed by atoms with Gasteiger partial charge in [0.2, 0.25) is 5.88 Å². The first-order valence-corrected chi connectivity index (χ1v) is 20.1. The van der Waals surface area contributed by atoms with Crippen LogP contribution in [0.15, 0.2) is 118 Å². The predicted octanol–water partition coefficient (Wildman–Crippen LogP) is 8.99. The van der Waals surface area contributed by atoms with Gasteiger partial charge in [0.05, 0.1) is 35.3 Å². The van der Waals surface area contributed by atoms with Gasteiger partial charge < -0.3 is 10.2 Å². The Labute approximate surface area is 374 Å². The Kier molecular flexibility index (Phi) is 16.2. The molecule has 3 heterocycles. The molecule has 0 amide bonds. The van der Waals surface area contributed by atoms with Gasteiger partial charge in [0, 0.05) is 42.7 Å². The molecule has 1 aliphatic rings. The number of para-hydroxylation sites is 2. The Morgan fingerprint density at radius 3 is 1.67 bits per heavy atom. The van der Waals surface area contributed by atoms with E-state index in [4.69, 9.17) is 6.57 Å². The minimum atomic E-state index is -0.815. The van der Waals surface area contributed by atoms with Crippen molar-refractivity contribution in [3.05, 3.63) is 143 Å². The van der Waals surface area contributed by atoms with Gasteiger partial charge in [-0.2, -0.15) is 5.26 Å². The van der Waals surface area contributed by atoms with Gasteiger partial charge in [-0.25, -0.2) is 14.2 Å². The fraction of sp³-hybridized carbons (Fsp3) is 0.333. The standard InChI is InChI=1S/C23H25N5O3.C22H24N6O3.Ni/c1-5-6-12-17-21(29)18(13-24)14(2)19(22(17)30)25-26-20-15(3)27(4)28(23(20)31)16-10-8-7-9-11-16;1-6-7-13-27-20(29)17(23-4)14(2)18(21(27)30)24-25-19-15(3)26(5)28(22(19)31)16-11-9-8-10-12-16;/h7-11,17,30H,5-6,12H2,1-4H3;8-12,30H,6-7,13H2,1-3,5H3;. The van der Waals surface area contributed by atoms with Gasteiger partial charge in [0.1, 0.15) is 28.8 Å². The summed E-state index contributed by atoms with van der Waals surface area (Å²) < 4.78 is 7.45. The van der Waals surface area contributed by atoms with Gasteiger partial charge in [-0.1, -0.05) is 69.5 Å². The van der Waals surface area contributed by atoms with Crippen LogP contribution >= 0.6 is 0 Å². The van der Waals surface area contributed by atoms with Crippen molar-refractivity contribution in [2.45, 2.75) is 80.2 Å². The summed E-state index contributed by atoms with van der Waals surface area (Å²) in [5, 5.41) is 47.4. The molecule has 6 rings (SSSR count). The zero-order chi connectivity index (χ0) is 45.4. The quantitative estimate of drug-likeness (QED) is 0.0704. The molecule has 0 bridgehead atoms. The molecular formula is C45H49N11NiO6. The van der Waals surface area contributed by atoms with E-state index in [1.165, 1.54) is 16.3 Å². The molecule has 0 saturated carbocycles. The maximum absolute atomic E-state index is 13.0. The number of aromatic nitrogens is 5. The third-order valence-electron chi connectivity index (χ3n) is 10.8. The molecule has 0 fully saturated rings. The van der Waals surface area contributed by atoms with Gasteiger partial charge in [-0.3, -0.25) is 33.1 Å². The van der Waals surface area contributed by atoms with Crippen LogP contribution in [-0.2, 0) is 41.9 Å². The third-order valence-corrected chi connectivity index (χ3v) is 10.8. The first-order valence-electron chi connectivity index (χ1n) is 20.1. The Balaban J connectivity index is 0.000000272. The van der Waals surface area contributed by atoms with Gasteiger partial charge >= 0.3 is 0 Å². The monoisotopic (exact) mass is 897 g/mol. The van der Waals surface area contributed by atoms with Crippen LogP contribution in [0.2, 0.25) is 0 Å². The summed E-state index contributed by atoms with van der Waals surface area (Å²) in [5.41, 5.74) is 1.94. The van der Waals surface area contributed by atoms with Gasteiger partial charge in [-0.15, -0.1) is 20.5 Å². The largest absolute Gasteiger partial charge is 0.509 e. The molecule has 1 aliphatic carbocycles. The van der Waals surface area contributed by atoms with Crippen molar-refractivity contribution in [1.82, 2.24) is 23.3 Å². The van der Waals surface area contributed by atoms with E-state index in [1.807, 2.05) is 80.6 Å². The molecule has 0 radical (unpaired) electrons. The summed E-state index contributed by atoms with van der Waals surface area (Å²) in [4.78, 5) is 54.5. The van der Waals surface area contributed by atoms with Crippen LogP contribution in [0, 0.1) is 44.6 Å². The molecule has 2 N–H and O–H groups in total. The number of carbonyl (C=O) groups is 1. The summed E-state index contributed by atoms with van der Waals surface area (Å²) in [6, 6.07) is 20.2. The fourth-order valence-electron chi connectivity index (χ4n) is 7.01. The number of pyridine rings is 1. The van der Waals surface area contributed by atoms with Crippen LogP contribution in [0.3, 0.4) is 0 Å². The number of hydrogen-bond donors (Lipinski definition) is 2. The number of rotatable bonds is 12. The normalized spacial score (nSPS) is 13.9. The van der Waals surface area contributed by atoms with Crippen molar-refractivity contribution in [2.75, 3.05) is 0 Å². The predicted molar refractivity (Wildman–Crippen MR) is 234 cm³/mol. The van der Waals surface area contributed by atoms with Crippen molar-refractivity contribution in [3.63, 3.8) is 0 Å². The number of allylic oxidation sites excluding steroid dienone is 3. The van der Waals surface area contributed by atoms with Crippen LogP contribution in [0.5, 0.6) is 5.88 Å². The van der Waals surface area contributed by atoms with E-state index >= 15 is 0 Å². The van der Waals surface area contributed by atoms with E-state index in [0.29, 0.717) is 35.6 Å². The van der Waals surface area contributed by atoms with E-state index in [-0.39, 0.29) is 91.0 Å². The van der Waals surface area contributed by atoms with E-state index in [1.54, 1.807) is 44.2 Å². The molecule has 0 aliphatic heterocycles. The number of nitrogens with zero attached hydrogens (tertiary/aromatic N) is 11. The minimum absolute atomic E-state index is 0. The molecule has 1 atom stereocenters. The van der Waals surface area contributed by atoms with Crippen LogP contribution in [0.1, 0.15) is 69.8 Å². The van der Waals surface area contributed by atoms with Gasteiger partial charge in [-0.05, 0) is 70.4 Å². The molecular weight excluding hydrogens is 849 g/mol. The van der Waals surface area contributed by atoms with Crippen molar-refractivity contribution in [2.24, 2.45) is 40.5 Å². The molecule has 2 aromatic carbocycles. The molecule has 3 aromatic heterocycles. The number of azo groups is 2. The molecule has 5 aromatic rings. The molecule has 330 valence electrons. The average molecular weight is 899 g/mol. The van der Waals surface area contributed by atoms with E-state index in [2.05, 4.69) is 25.3 Å². The Morgan fingerprint density at radius 2 is 1.21 bits per heavy atom. The smallest absolute Gasteiger partial charge is 0.299 e. The van der Waals surface area contributed by atoms with Gasteiger partial charge in [0.25, 0.3) is 22.4 Å². The fourth-order valence-corrected chi connectivity index (χ4v) is 7.01. The molecule has 18 heteroatoms. The summed E-state index contributed by atoms with van der Waals surface area (Å²) in [7, 11) is 3.49. The zero-order valence-corrected chi connectivity index (χ0v) is 37.3. The number of aliphatic hydroxyl groups excluding tert-OH is 1. The maximum Gasteiger partial charge on any atom is 0.299 e. The third kappa shape index (κ3) is 9.51. The second-order valence-corrected chi connectivity index (χ2v) is 14.7. The van der Waals surface area contributed by atoms with Gasteiger partial charge in [0.15, 0.2) is 17.2 Å². The number of Topliss-reactive ketones (excluding diaryl/α,β-unsaturated/α-hetero) is 1. The second kappa shape index (κ2) is 21.1. The van der Waals surface area contributed by atoms with Crippen LogP contribution in [-0.4, -0.2) is 39.3 Å². The Hall–Kier alpha value is -7.17. The summed E-state index contributed by atoms with van der Waals surface area (Å²) in [6.45, 7) is 18.1. The van der Waals surface area contributed by atoms with Crippen LogP contribution < -0.4 is 16.7 Å². The SMILES string of the molecule is CCCCC1C(=O)C(C#N)=C(C)C(N=Nc2c(C)n(C)n(-c3ccccc3)c2=O)=C1O.[C-]#[N+]c1c(C)c(N=Nc2c(C)n(C)n(-c3ccccc3)c2=O)c(O)n(CCCC)c1=O.[Ni]. The number of aromatic hydroxyl groups is 1. The molecule has 1 unspecified atom stereocenters. The first kappa shape index (κ1) is 48.5. The van der Waals surface area contributed by atoms with E-state index < -0.39 is 17.3 Å². The summed E-state index contributed by atoms with van der Waals surface area (Å²) in [6.07, 6.45) is 3.46. The van der Waals surface area contributed by atoms with Crippen LogP contribution in [0.25, 0.3) is 16.2 Å². The van der Waals surface area contributed by atoms with Crippen molar-refractivity contribution in [3.8, 4) is 23.3 Å². The Bertz CT molecular complexity index is 2920. The first-order chi connectivity index (χ1) is 29.7. The second-order valence-electron chi connectivity index (χ2n) is 14.7. The summed E-state index contributed by atoms with van der Waals surface area (Å²) >= 11 is 0. The number of unbranched alkanes of at least 4 members (excludes halogenated alkanes) is 2. The van der Waals surface area contributed by atoms with E-state index in [9.17, 15) is 34.7 Å². The summed E-state index contributed by atoms with van der Waals surface area (Å²) in [5.74, 6) is -1.77. The minimum Gasteiger partial charge on any atom is -0.509 e. The maximum atomic E-state index is 13.0. The van der Waals surface area contributed by atoms with E-state index in [0.717, 1.165) is 23.8 Å². The number of nitriles is 1. The molecule has 0 spiro atoms.